The first-order valence-corrected chi connectivity index (χ1v) is 11.8. The van der Waals surface area contributed by atoms with Crippen molar-refractivity contribution in [1.29, 1.82) is 5.26 Å². The Morgan fingerprint density at radius 2 is 2.03 bits per heavy atom. The molecule has 0 atom stereocenters. The molecule has 4 rings (SSSR count). The lowest BCUT2D eigenvalue weighted by atomic mass is 10.0. The van der Waals surface area contributed by atoms with Gasteiger partial charge in [-0.1, -0.05) is 43.3 Å². The number of thioether (sulfide) groups is 1. The Hall–Kier alpha value is -2.30. The van der Waals surface area contributed by atoms with Crippen molar-refractivity contribution < 1.29 is 4.79 Å². The Morgan fingerprint density at radius 1 is 1.23 bits per heavy atom. The van der Waals surface area contributed by atoms with E-state index in [0.29, 0.717) is 16.1 Å². The maximum absolute atomic E-state index is 12.8. The molecule has 1 aromatic heterocycles. The molecule has 0 aliphatic carbocycles. The van der Waals surface area contributed by atoms with Crippen LogP contribution in [0.2, 0.25) is 0 Å². The minimum Gasteiger partial charge on any atom is -0.312 e. The van der Waals surface area contributed by atoms with Crippen LogP contribution in [0, 0.1) is 11.3 Å². The highest BCUT2D eigenvalue weighted by Gasteiger charge is 2.25. The molecule has 31 heavy (non-hydrogen) atoms. The molecule has 0 bridgehead atoms. The lowest BCUT2D eigenvalue weighted by molar-refractivity contribution is 0.102. The highest BCUT2D eigenvalue weighted by atomic mass is 35.5. The van der Waals surface area contributed by atoms with Crippen molar-refractivity contribution in [1.82, 2.24) is 4.90 Å². The fraction of sp³-hybridized carbons (Fsp3) is 0.250. The molecular formula is C24H24ClN3OS2. The smallest absolute Gasteiger partial charge is 0.256 e. The second kappa shape index (κ2) is 10.8. The highest BCUT2D eigenvalue weighted by molar-refractivity contribution is 7.99. The van der Waals surface area contributed by atoms with Gasteiger partial charge < -0.3 is 5.32 Å². The summed E-state index contributed by atoms with van der Waals surface area (Å²) >= 11 is 3.25. The van der Waals surface area contributed by atoms with Gasteiger partial charge in [-0.2, -0.15) is 5.26 Å². The van der Waals surface area contributed by atoms with Crippen molar-refractivity contribution in [2.45, 2.75) is 31.3 Å². The molecule has 4 nitrogen and oxygen atoms in total. The second-order valence-corrected chi connectivity index (χ2v) is 9.62. The van der Waals surface area contributed by atoms with E-state index in [4.69, 9.17) is 0 Å². The summed E-state index contributed by atoms with van der Waals surface area (Å²) < 4.78 is 0. The van der Waals surface area contributed by atoms with Crippen LogP contribution in [0.5, 0.6) is 0 Å². The molecule has 0 radical (unpaired) electrons. The molecule has 160 valence electrons. The third-order valence-electron chi connectivity index (χ3n) is 5.13. The number of amides is 1. The van der Waals surface area contributed by atoms with Gasteiger partial charge in [0.15, 0.2) is 0 Å². The molecule has 2 heterocycles. The summed E-state index contributed by atoms with van der Waals surface area (Å²) in [5.41, 5.74) is 3.63. The summed E-state index contributed by atoms with van der Waals surface area (Å²) in [5.74, 6) is 0.797. The van der Waals surface area contributed by atoms with Crippen molar-refractivity contribution in [2.24, 2.45) is 0 Å². The molecule has 0 unspecified atom stereocenters. The number of nitrogens with zero attached hydrogens (tertiary/aromatic N) is 2. The molecule has 0 saturated heterocycles. The number of carbonyl (C=O) groups is 1. The standard InChI is InChI=1S/C24H23N3OS2.ClH/c1-2-29-19-10-6-9-18(13-19)23(28)26-24-21(14-25)20-11-12-27(16-22(20)30-24)15-17-7-4-3-5-8-17;/h3-10,13H,2,11-12,15-16H2,1H3,(H,26,28);1H. The van der Waals surface area contributed by atoms with E-state index in [9.17, 15) is 10.1 Å². The number of hydrogen-bond donors (Lipinski definition) is 1. The van der Waals surface area contributed by atoms with Crippen LogP contribution < -0.4 is 5.32 Å². The summed E-state index contributed by atoms with van der Waals surface area (Å²) in [6, 6.07) is 20.4. The van der Waals surface area contributed by atoms with Crippen LogP contribution in [-0.2, 0) is 19.5 Å². The predicted octanol–water partition coefficient (Wildman–Crippen LogP) is 5.96. The number of fused-ring (bicyclic) bond motifs is 1. The number of hydrogen-bond acceptors (Lipinski definition) is 5. The first-order chi connectivity index (χ1) is 14.7. The number of anilines is 1. The largest absolute Gasteiger partial charge is 0.312 e. The van der Waals surface area contributed by atoms with E-state index in [1.165, 1.54) is 21.8 Å². The highest BCUT2D eigenvalue weighted by Crippen LogP contribution is 2.37. The van der Waals surface area contributed by atoms with E-state index < -0.39 is 0 Å². The molecule has 1 aliphatic rings. The van der Waals surface area contributed by atoms with Crippen LogP contribution in [0.1, 0.15) is 38.8 Å². The quantitative estimate of drug-likeness (QED) is 0.452. The van der Waals surface area contributed by atoms with Crippen LogP contribution in [0.15, 0.2) is 59.5 Å². The third-order valence-corrected chi connectivity index (χ3v) is 7.14. The molecule has 1 aliphatic heterocycles. The van der Waals surface area contributed by atoms with E-state index in [2.05, 4.69) is 47.5 Å². The Kier molecular flexibility index (Phi) is 8.16. The molecule has 1 N–H and O–H groups in total. The van der Waals surface area contributed by atoms with Gasteiger partial charge >= 0.3 is 0 Å². The van der Waals surface area contributed by atoms with Gasteiger partial charge in [0, 0.05) is 35.0 Å². The lowest BCUT2D eigenvalue weighted by Gasteiger charge is -2.26. The van der Waals surface area contributed by atoms with E-state index >= 15 is 0 Å². The van der Waals surface area contributed by atoms with Crippen molar-refractivity contribution in [3.63, 3.8) is 0 Å². The molecule has 3 aromatic rings. The predicted molar refractivity (Wildman–Crippen MR) is 131 cm³/mol. The maximum atomic E-state index is 12.8. The zero-order chi connectivity index (χ0) is 20.9. The number of benzene rings is 2. The number of nitriles is 1. The van der Waals surface area contributed by atoms with Crippen molar-refractivity contribution >= 4 is 46.4 Å². The van der Waals surface area contributed by atoms with Crippen LogP contribution >= 0.6 is 35.5 Å². The summed E-state index contributed by atoms with van der Waals surface area (Å²) in [5, 5.41) is 13.4. The van der Waals surface area contributed by atoms with Gasteiger partial charge in [0.05, 0.1) is 5.56 Å². The topological polar surface area (TPSA) is 56.1 Å². The number of nitrogens with one attached hydrogen (secondary N) is 1. The fourth-order valence-corrected chi connectivity index (χ4v) is 5.66. The average molecular weight is 470 g/mol. The van der Waals surface area contributed by atoms with Crippen LogP contribution in [0.25, 0.3) is 0 Å². The SMILES string of the molecule is CCSc1cccc(C(=O)Nc2sc3c(c2C#N)CCN(Cc2ccccc2)C3)c1.Cl. The molecular weight excluding hydrogens is 446 g/mol. The van der Waals surface area contributed by atoms with Gasteiger partial charge in [0.25, 0.3) is 5.91 Å². The summed E-state index contributed by atoms with van der Waals surface area (Å²) in [6.07, 6.45) is 0.833. The molecule has 2 aromatic carbocycles. The van der Waals surface area contributed by atoms with Crippen molar-refractivity contribution in [2.75, 3.05) is 17.6 Å². The Labute approximate surface area is 197 Å². The normalized spacial score (nSPS) is 13.0. The summed E-state index contributed by atoms with van der Waals surface area (Å²) in [7, 11) is 0. The lowest BCUT2D eigenvalue weighted by Crippen LogP contribution is -2.29. The Morgan fingerprint density at radius 3 is 2.77 bits per heavy atom. The molecule has 0 fully saturated rings. The summed E-state index contributed by atoms with van der Waals surface area (Å²) in [4.78, 5) is 17.5. The van der Waals surface area contributed by atoms with Crippen molar-refractivity contribution in [3.8, 4) is 6.07 Å². The minimum absolute atomic E-state index is 0. The molecule has 0 spiro atoms. The van der Waals surface area contributed by atoms with Crippen LogP contribution in [0.4, 0.5) is 5.00 Å². The summed E-state index contributed by atoms with van der Waals surface area (Å²) in [6.45, 7) is 4.70. The van der Waals surface area contributed by atoms with E-state index in [1.54, 1.807) is 11.8 Å². The third kappa shape index (κ3) is 5.50. The number of halogens is 1. The van der Waals surface area contributed by atoms with E-state index in [-0.39, 0.29) is 18.3 Å². The maximum Gasteiger partial charge on any atom is 0.256 e. The van der Waals surface area contributed by atoms with Gasteiger partial charge in [-0.25, -0.2) is 0 Å². The van der Waals surface area contributed by atoms with Gasteiger partial charge in [-0.15, -0.1) is 35.5 Å². The van der Waals surface area contributed by atoms with Gasteiger partial charge in [0.2, 0.25) is 0 Å². The average Bonchev–Trinajstić information content (AvgIpc) is 3.11. The fourth-order valence-electron chi connectivity index (χ4n) is 3.71. The first-order valence-electron chi connectivity index (χ1n) is 10.0. The monoisotopic (exact) mass is 469 g/mol. The second-order valence-electron chi connectivity index (χ2n) is 7.18. The minimum atomic E-state index is -0.162. The molecule has 1 amide bonds. The van der Waals surface area contributed by atoms with Crippen molar-refractivity contribution in [3.05, 3.63) is 81.7 Å². The van der Waals surface area contributed by atoms with Crippen LogP contribution in [-0.4, -0.2) is 23.1 Å². The van der Waals surface area contributed by atoms with Gasteiger partial charge in [0.1, 0.15) is 11.1 Å². The zero-order valence-electron chi connectivity index (χ0n) is 17.3. The number of carbonyl (C=O) groups excluding carboxylic acids is 1. The zero-order valence-corrected chi connectivity index (χ0v) is 19.7. The number of thiophene rings is 1. The first kappa shape index (κ1) is 23.4. The number of rotatable bonds is 6. The van der Waals surface area contributed by atoms with Gasteiger partial charge in [-0.05, 0) is 41.5 Å². The Bertz CT molecular complexity index is 1090. The Balaban J connectivity index is 0.00000272. The van der Waals surface area contributed by atoms with E-state index in [1.807, 2.05) is 30.3 Å². The molecule has 0 saturated carbocycles. The van der Waals surface area contributed by atoms with Crippen LogP contribution in [0.3, 0.4) is 0 Å². The van der Waals surface area contributed by atoms with E-state index in [0.717, 1.165) is 42.3 Å². The van der Waals surface area contributed by atoms with Gasteiger partial charge in [-0.3, -0.25) is 9.69 Å². The molecule has 7 heteroatoms.